The van der Waals surface area contributed by atoms with Gasteiger partial charge in [-0.25, -0.2) is 17.9 Å². The molecule has 2 N–H and O–H groups in total. The van der Waals surface area contributed by atoms with Crippen LogP contribution in [0.5, 0.6) is 0 Å². The second kappa shape index (κ2) is 7.80. The molecule has 1 amide bonds. The molecule has 1 fully saturated rings. The smallest absolute Gasteiger partial charge is 0.354 e. The molecule has 0 unspecified atom stereocenters. The number of methoxy groups -OCH3 is 1. The number of rotatable bonds is 7. The highest BCUT2D eigenvalue weighted by molar-refractivity contribution is 7.89. The van der Waals surface area contributed by atoms with Crippen LogP contribution in [0, 0.1) is 0 Å². The largest absolute Gasteiger partial charge is 0.464 e. The summed E-state index contributed by atoms with van der Waals surface area (Å²) in [5.74, 6) is -0.775. The molecule has 134 valence electrons. The Bertz CT molecular complexity index is 705. The number of aryl methyl sites for hydroxylation is 1. The topological polar surface area (TPSA) is 106 Å². The van der Waals surface area contributed by atoms with Gasteiger partial charge in [0.05, 0.1) is 7.11 Å². The number of carbonyl (C=O) groups is 2. The van der Waals surface area contributed by atoms with Gasteiger partial charge >= 0.3 is 5.97 Å². The Morgan fingerprint density at radius 2 is 2.00 bits per heavy atom. The molecule has 0 radical (unpaired) electrons. The fourth-order valence-corrected chi connectivity index (χ4v) is 3.84. The standard InChI is InChI=1S/C15H23N3O5S/c1-18-10-12(9-13(18)15(20)23-2)24(21,22)16-8-7-14(19)17-11-5-3-4-6-11/h9-11,16H,3-8H2,1-2H3,(H,17,19). The van der Waals surface area contributed by atoms with Crippen LogP contribution < -0.4 is 10.0 Å². The highest BCUT2D eigenvalue weighted by atomic mass is 32.2. The van der Waals surface area contributed by atoms with Gasteiger partial charge in [-0.05, 0) is 18.9 Å². The van der Waals surface area contributed by atoms with Gasteiger partial charge in [-0.3, -0.25) is 4.79 Å². The van der Waals surface area contributed by atoms with E-state index in [4.69, 9.17) is 0 Å². The molecule has 0 bridgehead atoms. The van der Waals surface area contributed by atoms with Crippen LogP contribution in [-0.4, -0.2) is 44.6 Å². The monoisotopic (exact) mass is 357 g/mol. The zero-order valence-electron chi connectivity index (χ0n) is 13.9. The minimum absolute atomic E-state index is 0.00331. The lowest BCUT2D eigenvalue weighted by Gasteiger charge is -2.11. The van der Waals surface area contributed by atoms with Crippen molar-refractivity contribution in [1.82, 2.24) is 14.6 Å². The zero-order chi connectivity index (χ0) is 17.7. The van der Waals surface area contributed by atoms with Crippen LogP contribution in [0.4, 0.5) is 0 Å². The van der Waals surface area contributed by atoms with Gasteiger partial charge in [-0.2, -0.15) is 0 Å². The van der Waals surface area contributed by atoms with Crippen molar-refractivity contribution in [3.8, 4) is 0 Å². The van der Waals surface area contributed by atoms with Gasteiger partial charge in [0.25, 0.3) is 0 Å². The van der Waals surface area contributed by atoms with E-state index in [9.17, 15) is 18.0 Å². The number of nitrogens with one attached hydrogen (secondary N) is 2. The highest BCUT2D eigenvalue weighted by Crippen LogP contribution is 2.17. The Morgan fingerprint density at radius 3 is 2.62 bits per heavy atom. The van der Waals surface area contributed by atoms with E-state index in [1.165, 1.54) is 23.9 Å². The van der Waals surface area contributed by atoms with Gasteiger partial charge in [0.1, 0.15) is 10.6 Å². The van der Waals surface area contributed by atoms with Gasteiger partial charge in [0.2, 0.25) is 15.9 Å². The molecule has 8 nitrogen and oxygen atoms in total. The molecule has 1 aliphatic carbocycles. The number of amides is 1. The molecular weight excluding hydrogens is 334 g/mol. The number of ether oxygens (including phenoxy) is 1. The maximum atomic E-state index is 12.2. The number of sulfonamides is 1. The van der Waals surface area contributed by atoms with Crippen LogP contribution in [0.2, 0.25) is 0 Å². The van der Waals surface area contributed by atoms with E-state index in [1.54, 1.807) is 7.05 Å². The summed E-state index contributed by atoms with van der Waals surface area (Å²) >= 11 is 0. The van der Waals surface area contributed by atoms with Crippen molar-refractivity contribution in [2.24, 2.45) is 7.05 Å². The Morgan fingerprint density at radius 1 is 1.33 bits per heavy atom. The predicted molar refractivity (Wildman–Crippen MR) is 87.0 cm³/mol. The molecular formula is C15H23N3O5S. The van der Waals surface area contributed by atoms with Crippen LogP contribution in [-0.2, 0) is 26.6 Å². The third-order valence-electron chi connectivity index (χ3n) is 4.05. The summed E-state index contributed by atoms with van der Waals surface area (Å²) in [4.78, 5) is 23.3. The Hall–Kier alpha value is -1.87. The first-order chi connectivity index (χ1) is 11.3. The lowest BCUT2D eigenvalue weighted by atomic mass is 10.2. The van der Waals surface area contributed by atoms with Crippen molar-refractivity contribution in [3.63, 3.8) is 0 Å². The van der Waals surface area contributed by atoms with Gasteiger partial charge < -0.3 is 14.6 Å². The summed E-state index contributed by atoms with van der Waals surface area (Å²) in [6.07, 6.45) is 5.61. The van der Waals surface area contributed by atoms with E-state index >= 15 is 0 Å². The summed E-state index contributed by atoms with van der Waals surface area (Å²) in [5, 5.41) is 2.90. The van der Waals surface area contributed by atoms with Crippen LogP contribution >= 0.6 is 0 Å². The van der Waals surface area contributed by atoms with Crippen molar-refractivity contribution in [2.45, 2.75) is 43.0 Å². The molecule has 0 aromatic carbocycles. The van der Waals surface area contributed by atoms with Gasteiger partial charge in [-0.15, -0.1) is 0 Å². The normalized spacial score (nSPS) is 15.4. The fourth-order valence-electron chi connectivity index (χ4n) is 2.74. The molecule has 1 saturated carbocycles. The minimum Gasteiger partial charge on any atom is -0.464 e. The van der Waals surface area contributed by atoms with E-state index in [2.05, 4.69) is 14.8 Å². The van der Waals surface area contributed by atoms with E-state index in [-0.39, 0.29) is 35.5 Å². The lowest BCUT2D eigenvalue weighted by molar-refractivity contribution is -0.121. The van der Waals surface area contributed by atoms with Gasteiger partial charge in [0, 0.05) is 32.3 Å². The molecule has 1 heterocycles. The van der Waals surface area contributed by atoms with E-state index in [1.807, 2.05) is 0 Å². The minimum atomic E-state index is -3.79. The number of carbonyl (C=O) groups excluding carboxylic acids is 2. The summed E-state index contributed by atoms with van der Waals surface area (Å²) in [6.45, 7) is 0.00331. The summed E-state index contributed by atoms with van der Waals surface area (Å²) in [6, 6.07) is 1.46. The van der Waals surface area contributed by atoms with Crippen molar-refractivity contribution in [2.75, 3.05) is 13.7 Å². The summed E-state index contributed by atoms with van der Waals surface area (Å²) in [7, 11) is -1.00. The molecule has 0 spiro atoms. The Balaban J connectivity index is 1.89. The maximum absolute atomic E-state index is 12.2. The molecule has 0 saturated heterocycles. The predicted octanol–water partition coefficient (Wildman–Crippen LogP) is 0.539. The lowest BCUT2D eigenvalue weighted by Crippen LogP contribution is -2.35. The van der Waals surface area contributed by atoms with Crippen LogP contribution in [0.25, 0.3) is 0 Å². The third kappa shape index (κ3) is 4.57. The maximum Gasteiger partial charge on any atom is 0.354 e. The molecule has 0 aliphatic heterocycles. The molecule has 1 aromatic rings. The fraction of sp³-hybridized carbons (Fsp3) is 0.600. The summed E-state index contributed by atoms with van der Waals surface area (Å²) < 4.78 is 32.8. The number of hydrogen-bond acceptors (Lipinski definition) is 5. The van der Waals surface area contributed by atoms with Crippen LogP contribution in [0.3, 0.4) is 0 Å². The van der Waals surface area contributed by atoms with E-state index < -0.39 is 16.0 Å². The SMILES string of the molecule is COC(=O)c1cc(S(=O)(=O)NCCC(=O)NC2CCCC2)cn1C. The first kappa shape index (κ1) is 18.5. The molecule has 2 rings (SSSR count). The average Bonchev–Trinajstić information content (AvgIpc) is 3.16. The average molecular weight is 357 g/mol. The van der Waals surface area contributed by atoms with Crippen LogP contribution in [0.1, 0.15) is 42.6 Å². The second-order valence-corrected chi connectivity index (χ2v) is 7.63. The molecule has 1 aromatic heterocycles. The molecule has 24 heavy (non-hydrogen) atoms. The number of nitrogens with zero attached hydrogens (tertiary/aromatic N) is 1. The first-order valence-electron chi connectivity index (χ1n) is 7.87. The Labute approximate surface area is 141 Å². The van der Waals surface area contributed by atoms with Crippen molar-refractivity contribution < 1.29 is 22.7 Å². The third-order valence-corrected chi connectivity index (χ3v) is 5.48. The zero-order valence-corrected chi connectivity index (χ0v) is 14.7. The quantitative estimate of drug-likeness (QED) is 0.693. The first-order valence-corrected chi connectivity index (χ1v) is 9.35. The number of hydrogen-bond donors (Lipinski definition) is 2. The molecule has 1 aliphatic rings. The number of esters is 1. The van der Waals surface area contributed by atoms with Crippen molar-refractivity contribution in [1.29, 1.82) is 0 Å². The van der Waals surface area contributed by atoms with Gasteiger partial charge in [-0.1, -0.05) is 12.8 Å². The van der Waals surface area contributed by atoms with Crippen molar-refractivity contribution in [3.05, 3.63) is 18.0 Å². The van der Waals surface area contributed by atoms with E-state index in [0.29, 0.717) is 0 Å². The summed E-state index contributed by atoms with van der Waals surface area (Å²) in [5.41, 5.74) is 0.136. The Kier molecular flexibility index (Phi) is 6.00. The molecule has 0 atom stereocenters. The second-order valence-electron chi connectivity index (χ2n) is 5.86. The van der Waals surface area contributed by atoms with Crippen LogP contribution in [0.15, 0.2) is 17.2 Å². The highest BCUT2D eigenvalue weighted by Gasteiger charge is 2.21. The number of aromatic nitrogens is 1. The van der Waals surface area contributed by atoms with Crippen molar-refractivity contribution >= 4 is 21.9 Å². The van der Waals surface area contributed by atoms with E-state index in [0.717, 1.165) is 25.7 Å². The van der Waals surface area contributed by atoms with Gasteiger partial charge in [0.15, 0.2) is 0 Å². The molecule has 9 heteroatoms.